The fraction of sp³-hybridized carbons (Fsp3) is 0.562. The number of hydrogen-bond acceptors (Lipinski definition) is 5. The summed E-state index contributed by atoms with van der Waals surface area (Å²) in [4.78, 5) is 11.8. The second-order valence-corrected chi connectivity index (χ2v) is 8.80. The van der Waals surface area contributed by atoms with Crippen molar-refractivity contribution in [2.75, 3.05) is 25.2 Å². The smallest absolute Gasteiger partial charge is 0.258 e. The maximum absolute atomic E-state index is 11.8. The average molecular weight is 341 g/mol. The molecule has 22 heavy (non-hydrogen) atoms. The third-order valence-electron chi connectivity index (χ3n) is 2.95. The highest BCUT2D eigenvalue weighted by atomic mass is 32.2. The molecule has 0 saturated carbocycles. The minimum atomic E-state index is -0.259. The fourth-order valence-corrected chi connectivity index (χ4v) is 4.94. The van der Waals surface area contributed by atoms with Crippen LogP contribution in [0.5, 0.6) is 11.5 Å². The van der Waals surface area contributed by atoms with Gasteiger partial charge in [-0.2, -0.15) is 0 Å². The van der Waals surface area contributed by atoms with Crippen molar-refractivity contribution < 1.29 is 14.3 Å². The van der Waals surface area contributed by atoms with Crippen LogP contribution in [0.4, 0.5) is 0 Å². The molecule has 1 N–H and O–H groups in total. The zero-order valence-corrected chi connectivity index (χ0v) is 15.1. The summed E-state index contributed by atoms with van der Waals surface area (Å²) < 4.78 is 11.5. The maximum atomic E-state index is 11.8. The first kappa shape index (κ1) is 17.3. The summed E-state index contributed by atoms with van der Waals surface area (Å²) in [6, 6.07) is 5.94. The number of methoxy groups -OCH3 is 1. The van der Waals surface area contributed by atoms with Crippen LogP contribution in [0.25, 0.3) is 0 Å². The number of carbonyl (C=O) groups excluding carboxylic acids is 1. The van der Waals surface area contributed by atoms with Crippen LogP contribution in [-0.4, -0.2) is 36.7 Å². The van der Waals surface area contributed by atoms with Crippen molar-refractivity contribution in [2.24, 2.45) is 0 Å². The third kappa shape index (κ3) is 5.02. The minimum Gasteiger partial charge on any atom is -0.493 e. The number of benzene rings is 1. The molecule has 4 nitrogen and oxygen atoms in total. The molecule has 1 aliphatic heterocycles. The van der Waals surface area contributed by atoms with Gasteiger partial charge in [0.25, 0.3) is 5.91 Å². The van der Waals surface area contributed by atoms with E-state index in [9.17, 15) is 4.79 Å². The van der Waals surface area contributed by atoms with E-state index in [4.69, 9.17) is 9.47 Å². The number of hydrogen-bond donors (Lipinski definition) is 1. The van der Waals surface area contributed by atoms with E-state index >= 15 is 0 Å². The zero-order valence-electron chi connectivity index (χ0n) is 13.5. The minimum absolute atomic E-state index is 0.0140. The number of amides is 1. The molecule has 0 unspecified atom stereocenters. The molecule has 2 rings (SSSR count). The molecule has 122 valence electrons. The standard InChI is InChI=1S/C16H23NO3S2/c1-16(2,3)17-14(18)10-20-12-6-5-11(9-13(12)19-4)15-21-7-8-22-15/h5-6,9,15H,7-8,10H2,1-4H3,(H,17,18). The lowest BCUT2D eigenvalue weighted by Gasteiger charge is -2.21. The molecule has 1 amide bonds. The maximum Gasteiger partial charge on any atom is 0.258 e. The monoisotopic (exact) mass is 341 g/mol. The molecular formula is C16H23NO3S2. The normalized spacial score (nSPS) is 15.6. The molecule has 0 spiro atoms. The molecule has 0 bridgehead atoms. The Morgan fingerprint density at radius 1 is 1.27 bits per heavy atom. The molecule has 0 aliphatic carbocycles. The van der Waals surface area contributed by atoms with Gasteiger partial charge in [-0.3, -0.25) is 4.79 Å². The van der Waals surface area contributed by atoms with Crippen LogP contribution in [0.3, 0.4) is 0 Å². The van der Waals surface area contributed by atoms with Crippen LogP contribution >= 0.6 is 23.5 Å². The van der Waals surface area contributed by atoms with Crippen molar-refractivity contribution in [3.8, 4) is 11.5 Å². The van der Waals surface area contributed by atoms with Crippen molar-refractivity contribution >= 4 is 29.4 Å². The Labute approximate surface area is 140 Å². The van der Waals surface area contributed by atoms with Gasteiger partial charge < -0.3 is 14.8 Å². The van der Waals surface area contributed by atoms with Gasteiger partial charge in [0.1, 0.15) is 0 Å². The van der Waals surface area contributed by atoms with E-state index in [0.29, 0.717) is 16.1 Å². The first-order valence-electron chi connectivity index (χ1n) is 7.24. The Bertz CT molecular complexity index is 523. The van der Waals surface area contributed by atoms with Crippen LogP contribution in [0.2, 0.25) is 0 Å². The molecule has 0 radical (unpaired) electrons. The predicted octanol–water partition coefficient (Wildman–Crippen LogP) is 3.47. The number of ether oxygens (including phenoxy) is 2. The molecule has 1 fully saturated rings. The van der Waals surface area contributed by atoms with E-state index in [2.05, 4.69) is 11.4 Å². The first-order valence-corrected chi connectivity index (χ1v) is 9.34. The van der Waals surface area contributed by atoms with Crippen molar-refractivity contribution in [2.45, 2.75) is 30.9 Å². The summed E-state index contributed by atoms with van der Waals surface area (Å²) in [6.07, 6.45) is 0. The summed E-state index contributed by atoms with van der Waals surface area (Å²) in [6.45, 7) is 5.81. The predicted molar refractivity (Wildman–Crippen MR) is 94.0 cm³/mol. The van der Waals surface area contributed by atoms with Crippen LogP contribution in [0.1, 0.15) is 30.9 Å². The highest BCUT2D eigenvalue weighted by Gasteiger charge is 2.20. The third-order valence-corrected chi connectivity index (χ3v) is 6.06. The van der Waals surface area contributed by atoms with Crippen molar-refractivity contribution in [1.82, 2.24) is 5.32 Å². The van der Waals surface area contributed by atoms with Crippen molar-refractivity contribution in [1.29, 1.82) is 0 Å². The first-order chi connectivity index (χ1) is 10.4. The fourth-order valence-electron chi connectivity index (χ4n) is 2.10. The SMILES string of the molecule is COc1cc(C2SCCS2)ccc1OCC(=O)NC(C)(C)C. The summed E-state index contributed by atoms with van der Waals surface area (Å²) in [5, 5.41) is 2.87. The number of carbonyl (C=O) groups is 1. The van der Waals surface area contributed by atoms with E-state index < -0.39 is 0 Å². The Morgan fingerprint density at radius 3 is 2.55 bits per heavy atom. The lowest BCUT2D eigenvalue weighted by atomic mass is 10.1. The molecule has 1 aliphatic rings. The van der Waals surface area contributed by atoms with E-state index in [0.717, 1.165) is 0 Å². The van der Waals surface area contributed by atoms with Gasteiger partial charge in [-0.15, -0.1) is 23.5 Å². The molecule has 1 aromatic carbocycles. The quantitative estimate of drug-likeness (QED) is 0.889. The van der Waals surface area contributed by atoms with Gasteiger partial charge in [0.2, 0.25) is 0 Å². The second kappa shape index (κ2) is 7.51. The van der Waals surface area contributed by atoms with Gasteiger partial charge in [-0.05, 0) is 38.5 Å². The lowest BCUT2D eigenvalue weighted by Crippen LogP contribution is -2.43. The summed E-state index contributed by atoms with van der Waals surface area (Å²) in [5.74, 6) is 3.50. The highest BCUT2D eigenvalue weighted by Crippen LogP contribution is 2.46. The summed E-state index contributed by atoms with van der Waals surface area (Å²) in [5.41, 5.74) is 0.974. The van der Waals surface area contributed by atoms with Gasteiger partial charge in [0, 0.05) is 17.0 Å². The van der Waals surface area contributed by atoms with E-state index in [1.807, 2.05) is 56.4 Å². The van der Waals surface area contributed by atoms with Gasteiger partial charge >= 0.3 is 0 Å². The Kier molecular flexibility index (Phi) is 5.92. The summed E-state index contributed by atoms with van der Waals surface area (Å²) in [7, 11) is 1.62. The number of nitrogens with one attached hydrogen (secondary N) is 1. The number of thioether (sulfide) groups is 2. The molecule has 0 aromatic heterocycles. The van der Waals surface area contributed by atoms with Crippen LogP contribution in [0.15, 0.2) is 18.2 Å². The summed E-state index contributed by atoms with van der Waals surface area (Å²) >= 11 is 3.90. The van der Waals surface area contributed by atoms with Gasteiger partial charge in [0.05, 0.1) is 11.7 Å². The van der Waals surface area contributed by atoms with Gasteiger partial charge in [0.15, 0.2) is 18.1 Å². The second-order valence-electron chi connectivity index (χ2n) is 6.07. The molecule has 6 heteroatoms. The van der Waals surface area contributed by atoms with Crippen LogP contribution < -0.4 is 14.8 Å². The molecule has 1 aromatic rings. The molecule has 1 saturated heterocycles. The Hall–Kier alpha value is -1.01. The van der Waals surface area contributed by atoms with Crippen molar-refractivity contribution in [3.63, 3.8) is 0 Å². The largest absolute Gasteiger partial charge is 0.493 e. The Balaban J connectivity index is 2.00. The van der Waals surface area contributed by atoms with Gasteiger partial charge in [-0.1, -0.05) is 6.07 Å². The van der Waals surface area contributed by atoms with Gasteiger partial charge in [-0.25, -0.2) is 0 Å². The van der Waals surface area contributed by atoms with Crippen molar-refractivity contribution in [3.05, 3.63) is 23.8 Å². The molecule has 1 heterocycles. The molecule has 0 atom stereocenters. The van der Waals surface area contributed by atoms with E-state index in [-0.39, 0.29) is 18.1 Å². The van der Waals surface area contributed by atoms with E-state index in [1.165, 1.54) is 17.1 Å². The number of rotatable bonds is 5. The molecular weight excluding hydrogens is 318 g/mol. The van der Waals surface area contributed by atoms with Crippen LogP contribution in [0, 0.1) is 0 Å². The lowest BCUT2D eigenvalue weighted by molar-refractivity contribution is -0.124. The topological polar surface area (TPSA) is 47.6 Å². The highest BCUT2D eigenvalue weighted by molar-refractivity contribution is 8.19. The Morgan fingerprint density at radius 2 is 1.95 bits per heavy atom. The zero-order chi connectivity index (χ0) is 16.2. The average Bonchev–Trinajstić information content (AvgIpc) is 2.97. The van der Waals surface area contributed by atoms with Crippen LogP contribution in [-0.2, 0) is 4.79 Å². The van der Waals surface area contributed by atoms with E-state index in [1.54, 1.807) is 7.11 Å².